The average molecular weight is 205 g/mol. The molecule has 1 aliphatic heterocycles. The van der Waals surface area contributed by atoms with Gasteiger partial charge in [0.1, 0.15) is 0 Å². The summed E-state index contributed by atoms with van der Waals surface area (Å²) in [5, 5.41) is 0. The van der Waals surface area contributed by atoms with Gasteiger partial charge in [-0.3, -0.25) is 4.90 Å². The molecule has 0 aliphatic carbocycles. The number of halogens is 2. The lowest BCUT2D eigenvalue weighted by atomic mass is 9.89. The molecule has 0 aromatic rings. The second-order valence-corrected chi connectivity index (χ2v) is 4.38. The molecule has 1 fully saturated rings. The van der Waals surface area contributed by atoms with Crippen LogP contribution in [0.1, 0.15) is 40.0 Å². The molecule has 2 unspecified atom stereocenters. The van der Waals surface area contributed by atoms with Crippen molar-refractivity contribution in [3.8, 4) is 0 Å². The summed E-state index contributed by atoms with van der Waals surface area (Å²) in [4.78, 5) is 1.92. The number of nitrogens with zero attached hydrogens (tertiary/aromatic N) is 1. The van der Waals surface area contributed by atoms with Crippen molar-refractivity contribution in [1.29, 1.82) is 0 Å². The third-order valence-electron chi connectivity index (χ3n) is 3.48. The fourth-order valence-electron chi connectivity index (χ4n) is 2.15. The minimum atomic E-state index is -2.48. The van der Waals surface area contributed by atoms with Gasteiger partial charge >= 0.3 is 0 Å². The van der Waals surface area contributed by atoms with Crippen LogP contribution in [0.2, 0.25) is 0 Å². The summed E-state index contributed by atoms with van der Waals surface area (Å²) in [5.41, 5.74) is 0. The monoisotopic (exact) mass is 205 g/mol. The van der Waals surface area contributed by atoms with Crippen molar-refractivity contribution in [3.63, 3.8) is 0 Å². The van der Waals surface area contributed by atoms with E-state index in [9.17, 15) is 8.78 Å². The van der Waals surface area contributed by atoms with E-state index in [0.29, 0.717) is 18.9 Å². The van der Waals surface area contributed by atoms with Crippen molar-refractivity contribution in [2.24, 2.45) is 5.92 Å². The molecular weight excluding hydrogens is 184 g/mol. The van der Waals surface area contributed by atoms with Gasteiger partial charge in [0.05, 0.1) is 6.54 Å². The van der Waals surface area contributed by atoms with Gasteiger partial charge in [-0.2, -0.15) is 0 Å². The van der Waals surface area contributed by atoms with Crippen molar-refractivity contribution in [2.45, 2.75) is 52.0 Å². The average Bonchev–Trinajstić information content (AvgIpc) is 2.15. The van der Waals surface area contributed by atoms with Gasteiger partial charge in [-0.05, 0) is 32.7 Å². The summed E-state index contributed by atoms with van der Waals surface area (Å²) < 4.78 is 27.1. The van der Waals surface area contributed by atoms with Crippen LogP contribution in [0.25, 0.3) is 0 Å². The smallest absolute Gasteiger partial charge is 0.263 e. The fourth-order valence-corrected chi connectivity index (χ4v) is 2.15. The highest BCUT2D eigenvalue weighted by molar-refractivity contribution is 4.87. The number of rotatable bonds is 3. The topological polar surface area (TPSA) is 3.24 Å². The van der Waals surface area contributed by atoms with Gasteiger partial charge in [-0.15, -0.1) is 0 Å². The van der Waals surface area contributed by atoms with Crippen LogP contribution in [0, 0.1) is 5.92 Å². The van der Waals surface area contributed by atoms with E-state index in [1.165, 1.54) is 0 Å². The van der Waals surface area contributed by atoms with Crippen LogP contribution in [-0.2, 0) is 0 Å². The van der Waals surface area contributed by atoms with E-state index in [1.54, 1.807) is 0 Å². The molecule has 1 aliphatic rings. The molecule has 0 amide bonds. The highest BCUT2D eigenvalue weighted by Gasteiger charge is 2.43. The minimum Gasteiger partial charge on any atom is -0.295 e. The number of hydrogen-bond donors (Lipinski definition) is 0. The number of piperidine rings is 1. The minimum absolute atomic E-state index is 0.0412. The Morgan fingerprint density at radius 1 is 1.43 bits per heavy atom. The number of hydrogen-bond acceptors (Lipinski definition) is 1. The molecular formula is C11H21F2N. The van der Waals surface area contributed by atoms with Gasteiger partial charge < -0.3 is 0 Å². The van der Waals surface area contributed by atoms with Crippen molar-refractivity contribution in [1.82, 2.24) is 4.90 Å². The van der Waals surface area contributed by atoms with Crippen molar-refractivity contribution >= 4 is 0 Å². The Hall–Kier alpha value is -0.180. The summed E-state index contributed by atoms with van der Waals surface area (Å²) in [6, 6.07) is 0.290. The van der Waals surface area contributed by atoms with Gasteiger partial charge in [0, 0.05) is 12.0 Å². The first-order chi connectivity index (χ1) is 6.51. The Labute approximate surface area is 85.5 Å². The zero-order chi connectivity index (χ0) is 10.8. The van der Waals surface area contributed by atoms with Crippen molar-refractivity contribution in [2.75, 3.05) is 13.1 Å². The molecule has 0 saturated carbocycles. The molecule has 1 rings (SSSR count). The van der Waals surface area contributed by atoms with Crippen LogP contribution >= 0.6 is 0 Å². The standard InChI is InChI=1S/C11H21F2N/c1-4-9(3)14-7-6-10(5-2)11(12,13)8-14/h9-10H,4-8H2,1-3H3. The van der Waals surface area contributed by atoms with Gasteiger partial charge in [0.15, 0.2) is 0 Å². The predicted octanol–water partition coefficient (Wildman–Crippen LogP) is 3.15. The molecule has 2 atom stereocenters. The van der Waals surface area contributed by atoms with Crippen molar-refractivity contribution < 1.29 is 8.78 Å². The first-order valence-corrected chi connectivity index (χ1v) is 5.63. The Kier molecular flexibility index (Phi) is 3.87. The van der Waals surface area contributed by atoms with Gasteiger partial charge in [-0.1, -0.05) is 13.8 Å². The maximum atomic E-state index is 13.6. The largest absolute Gasteiger partial charge is 0.295 e. The van der Waals surface area contributed by atoms with E-state index in [1.807, 2.05) is 18.7 Å². The summed E-state index contributed by atoms with van der Waals surface area (Å²) in [7, 11) is 0. The first kappa shape index (κ1) is 11.9. The normalized spacial score (nSPS) is 30.2. The summed E-state index contributed by atoms with van der Waals surface area (Å²) in [5.74, 6) is -2.88. The third-order valence-corrected chi connectivity index (χ3v) is 3.48. The van der Waals surface area contributed by atoms with E-state index in [-0.39, 0.29) is 6.54 Å². The zero-order valence-corrected chi connectivity index (χ0v) is 9.39. The molecule has 0 N–H and O–H groups in total. The second kappa shape index (κ2) is 4.56. The van der Waals surface area contributed by atoms with Crippen LogP contribution in [0.3, 0.4) is 0 Å². The second-order valence-electron chi connectivity index (χ2n) is 4.38. The zero-order valence-electron chi connectivity index (χ0n) is 9.39. The lowest BCUT2D eigenvalue weighted by Gasteiger charge is -2.40. The molecule has 0 bridgehead atoms. The molecule has 1 nitrogen and oxygen atoms in total. The highest BCUT2D eigenvalue weighted by atomic mass is 19.3. The van der Waals surface area contributed by atoms with Gasteiger partial charge in [0.2, 0.25) is 0 Å². The molecule has 0 aromatic carbocycles. The van der Waals surface area contributed by atoms with Crippen molar-refractivity contribution in [3.05, 3.63) is 0 Å². The van der Waals surface area contributed by atoms with Gasteiger partial charge in [-0.25, -0.2) is 8.78 Å². The van der Waals surface area contributed by atoms with Crippen LogP contribution in [0.15, 0.2) is 0 Å². The van der Waals surface area contributed by atoms with Crippen LogP contribution in [-0.4, -0.2) is 30.0 Å². The quantitative estimate of drug-likeness (QED) is 0.684. The Morgan fingerprint density at radius 3 is 2.50 bits per heavy atom. The number of likely N-dealkylation sites (tertiary alicyclic amines) is 1. The molecule has 0 spiro atoms. The van der Waals surface area contributed by atoms with E-state index >= 15 is 0 Å². The first-order valence-electron chi connectivity index (χ1n) is 5.63. The third kappa shape index (κ3) is 2.44. The van der Waals surface area contributed by atoms with Crippen LogP contribution in [0.5, 0.6) is 0 Å². The predicted molar refractivity (Wildman–Crippen MR) is 54.7 cm³/mol. The maximum absolute atomic E-state index is 13.6. The fraction of sp³-hybridized carbons (Fsp3) is 1.00. The summed E-state index contributed by atoms with van der Waals surface area (Å²) in [6.45, 7) is 6.73. The number of alkyl halides is 2. The Morgan fingerprint density at radius 2 is 2.07 bits per heavy atom. The molecule has 1 heterocycles. The lowest BCUT2D eigenvalue weighted by Crippen LogP contribution is -2.51. The summed E-state index contributed by atoms with van der Waals surface area (Å²) in [6.07, 6.45) is 2.20. The highest BCUT2D eigenvalue weighted by Crippen LogP contribution is 2.35. The molecule has 1 saturated heterocycles. The van der Waals surface area contributed by atoms with Crippen LogP contribution < -0.4 is 0 Å². The van der Waals surface area contributed by atoms with Crippen LogP contribution in [0.4, 0.5) is 8.78 Å². The SMILES string of the molecule is CCC(C)N1CCC(CC)C(F)(F)C1. The van der Waals surface area contributed by atoms with Gasteiger partial charge in [0.25, 0.3) is 5.92 Å². The molecule has 3 heteroatoms. The van der Waals surface area contributed by atoms with E-state index in [2.05, 4.69) is 6.92 Å². The Bertz CT molecular complexity index is 182. The maximum Gasteiger partial charge on any atom is 0.263 e. The molecule has 84 valence electrons. The molecule has 14 heavy (non-hydrogen) atoms. The molecule has 0 radical (unpaired) electrons. The Balaban J connectivity index is 2.58. The van der Waals surface area contributed by atoms with E-state index < -0.39 is 11.8 Å². The van der Waals surface area contributed by atoms with E-state index in [4.69, 9.17) is 0 Å². The lowest BCUT2D eigenvalue weighted by molar-refractivity contribution is -0.119. The van der Waals surface area contributed by atoms with E-state index in [0.717, 1.165) is 13.0 Å². The molecule has 0 aromatic heterocycles. The summed E-state index contributed by atoms with van der Waals surface area (Å²) >= 11 is 0.